The van der Waals surface area contributed by atoms with Crippen molar-refractivity contribution in [3.63, 3.8) is 0 Å². The number of benzene rings is 1. The molecule has 5 heteroatoms. The molecule has 0 aliphatic carbocycles. The molecule has 0 spiro atoms. The predicted octanol–water partition coefficient (Wildman–Crippen LogP) is 1.69. The molecule has 0 radical (unpaired) electrons. The van der Waals surface area contributed by atoms with Crippen molar-refractivity contribution in [2.45, 2.75) is 13.3 Å². The van der Waals surface area contributed by atoms with Crippen LogP contribution in [0.5, 0.6) is 0 Å². The molecule has 2 N–H and O–H groups in total. The van der Waals surface area contributed by atoms with Crippen molar-refractivity contribution in [1.82, 2.24) is 9.88 Å². The second kappa shape index (κ2) is 5.84. The van der Waals surface area contributed by atoms with Gasteiger partial charge in [0.25, 0.3) is 0 Å². The van der Waals surface area contributed by atoms with Crippen LogP contribution in [-0.2, 0) is 11.2 Å². The Kier molecular flexibility index (Phi) is 4.16. The minimum absolute atomic E-state index is 0.0400. The summed E-state index contributed by atoms with van der Waals surface area (Å²) in [4.78, 5) is 16.6. The number of aliphatic hydroxyl groups excluding tert-OH is 1. The van der Waals surface area contributed by atoms with Gasteiger partial charge in [-0.3, -0.25) is 4.79 Å². The molecular weight excluding hydrogens is 247 g/mol. The van der Waals surface area contributed by atoms with Crippen molar-refractivity contribution < 1.29 is 14.3 Å². The lowest BCUT2D eigenvalue weighted by Gasteiger charge is -2.19. The number of carbonyl (C=O) groups is 1. The van der Waals surface area contributed by atoms with E-state index >= 15 is 0 Å². The van der Waals surface area contributed by atoms with E-state index in [1.807, 2.05) is 6.92 Å². The molecule has 0 saturated carbocycles. The number of hydrogen-bond donors (Lipinski definition) is 2. The van der Waals surface area contributed by atoms with E-state index in [1.165, 1.54) is 12.1 Å². The molecule has 1 aromatic heterocycles. The summed E-state index contributed by atoms with van der Waals surface area (Å²) in [5, 5.41) is 9.76. The summed E-state index contributed by atoms with van der Waals surface area (Å²) in [6.45, 7) is 2.74. The summed E-state index contributed by atoms with van der Waals surface area (Å²) >= 11 is 0. The van der Waals surface area contributed by atoms with Crippen LogP contribution in [0.25, 0.3) is 10.9 Å². The van der Waals surface area contributed by atoms with Crippen molar-refractivity contribution in [2.75, 3.05) is 19.7 Å². The third-order valence-electron chi connectivity index (χ3n) is 3.18. The van der Waals surface area contributed by atoms with Gasteiger partial charge in [-0.2, -0.15) is 0 Å². The van der Waals surface area contributed by atoms with Gasteiger partial charge in [0.1, 0.15) is 5.82 Å². The molecule has 0 atom stereocenters. The van der Waals surface area contributed by atoms with E-state index in [0.717, 1.165) is 10.9 Å². The molecule has 0 aliphatic heterocycles. The number of nitrogens with zero attached hydrogens (tertiary/aromatic N) is 1. The molecule has 0 fully saturated rings. The summed E-state index contributed by atoms with van der Waals surface area (Å²) < 4.78 is 13.1. The number of halogens is 1. The zero-order chi connectivity index (χ0) is 13.8. The van der Waals surface area contributed by atoms with E-state index in [2.05, 4.69) is 4.98 Å². The van der Waals surface area contributed by atoms with Gasteiger partial charge in [-0.05, 0) is 30.7 Å². The van der Waals surface area contributed by atoms with Crippen molar-refractivity contribution >= 4 is 16.8 Å². The number of hydrogen-bond acceptors (Lipinski definition) is 2. The predicted molar refractivity (Wildman–Crippen MR) is 71.3 cm³/mol. The molecule has 0 bridgehead atoms. The van der Waals surface area contributed by atoms with Gasteiger partial charge in [-0.1, -0.05) is 0 Å². The lowest BCUT2D eigenvalue weighted by Crippen LogP contribution is -2.34. The summed E-state index contributed by atoms with van der Waals surface area (Å²) in [5.41, 5.74) is 1.53. The zero-order valence-corrected chi connectivity index (χ0v) is 10.8. The molecule has 0 saturated heterocycles. The van der Waals surface area contributed by atoms with Crippen LogP contribution in [0, 0.1) is 5.82 Å². The lowest BCUT2D eigenvalue weighted by atomic mass is 10.1. The average molecular weight is 264 g/mol. The second-order valence-electron chi connectivity index (χ2n) is 4.38. The first-order valence-corrected chi connectivity index (χ1v) is 6.29. The summed E-state index contributed by atoms with van der Waals surface area (Å²) in [6, 6.07) is 4.47. The fourth-order valence-corrected chi connectivity index (χ4v) is 2.16. The van der Waals surface area contributed by atoms with Crippen LogP contribution < -0.4 is 0 Å². The van der Waals surface area contributed by atoms with Gasteiger partial charge in [-0.25, -0.2) is 4.39 Å². The quantitative estimate of drug-likeness (QED) is 0.863. The van der Waals surface area contributed by atoms with E-state index in [0.29, 0.717) is 18.6 Å². The fraction of sp³-hybridized carbons (Fsp3) is 0.357. The molecule has 102 valence electrons. The number of aromatic nitrogens is 1. The molecule has 4 nitrogen and oxygen atoms in total. The Morgan fingerprint density at radius 2 is 2.26 bits per heavy atom. The smallest absolute Gasteiger partial charge is 0.227 e. The number of aliphatic hydroxyl groups is 1. The van der Waals surface area contributed by atoms with E-state index in [9.17, 15) is 9.18 Å². The highest BCUT2D eigenvalue weighted by Gasteiger charge is 2.14. The molecule has 2 rings (SSSR count). The molecule has 2 aromatic rings. The Labute approximate surface area is 110 Å². The SMILES string of the molecule is CCN(CCO)C(=O)Cc1c[nH]c2cc(F)ccc12. The van der Waals surface area contributed by atoms with Crippen LogP contribution >= 0.6 is 0 Å². The van der Waals surface area contributed by atoms with Crippen LogP contribution in [0.4, 0.5) is 4.39 Å². The monoisotopic (exact) mass is 264 g/mol. The molecule has 1 aromatic carbocycles. The molecule has 0 unspecified atom stereocenters. The van der Waals surface area contributed by atoms with Crippen LogP contribution in [0.1, 0.15) is 12.5 Å². The number of carbonyl (C=O) groups excluding carboxylic acids is 1. The second-order valence-corrected chi connectivity index (χ2v) is 4.38. The first-order chi connectivity index (χ1) is 9.15. The zero-order valence-electron chi connectivity index (χ0n) is 10.8. The highest BCUT2D eigenvalue weighted by Crippen LogP contribution is 2.20. The summed E-state index contributed by atoms with van der Waals surface area (Å²) in [5.74, 6) is -0.343. The van der Waals surface area contributed by atoms with Gasteiger partial charge in [0.15, 0.2) is 0 Å². The maximum absolute atomic E-state index is 13.1. The third-order valence-corrected chi connectivity index (χ3v) is 3.18. The van der Waals surface area contributed by atoms with Crippen LogP contribution in [0.15, 0.2) is 24.4 Å². The van der Waals surface area contributed by atoms with E-state index in [4.69, 9.17) is 5.11 Å². The average Bonchev–Trinajstić information content (AvgIpc) is 2.78. The van der Waals surface area contributed by atoms with E-state index < -0.39 is 0 Å². The number of nitrogens with one attached hydrogen (secondary N) is 1. The van der Waals surface area contributed by atoms with Crippen LogP contribution in [-0.4, -0.2) is 40.6 Å². The minimum atomic E-state index is -0.303. The largest absolute Gasteiger partial charge is 0.395 e. The highest BCUT2D eigenvalue weighted by atomic mass is 19.1. The van der Waals surface area contributed by atoms with E-state index in [1.54, 1.807) is 17.2 Å². The van der Waals surface area contributed by atoms with Gasteiger partial charge < -0.3 is 15.0 Å². The maximum Gasteiger partial charge on any atom is 0.227 e. The molecule has 19 heavy (non-hydrogen) atoms. The third kappa shape index (κ3) is 2.93. The number of aromatic amines is 1. The summed E-state index contributed by atoms with van der Waals surface area (Å²) in [6.07, 6.45) is 1.98. The number of amides is 1. The first kappa shape index (κ1) is 13.5. The standard InChI is InChI=1S/C14H17FN2O2/c1-2-17(5-6-18)14(19)7-10-9-16-13-8-11(15)3-4-12(10)13/h3-4,8-9,16,18H,2,5-7H2,1H3. The Morgan fingerprint density at radius 3 is 2.95 bits per heavy atom. The van der Waals surface area contributed by atoms with Crippen LogP contribution in [0.3, 0.4) is 0 Å². The van der Waals surface area contributed by atoms with Gasteiger partial charge in [0, 0.05) is 30.2 Å². The minimum Gasteiger partial charge on any atom is -0.395 e. The number of likely N-dealkylation sites (N-methyl/N-ethyl adjacent to an activating group) is 1. The Morgan fingerprint density at radius 1 is 1.47 bits per heavy atom. The molecule has 0 aliphatic rings. The maximum atomic E-state index is 13.1. The fourth-order valence-electron chi connectivity index (χ4n) is 2.16. The van der Waals surface area contributed by atoms with Crippen molar-refractivity contribution in [2.24, 2.45) is 0 Å². The van der Waals surface area contributed by atoms with E-state index in [-0.39, 0.29) is 24.8 Å². The van der Waals surface area contributed by atoms with Gasteiger partial charge in [-0.15, -0.1) is 0 Å². The van der Waals surface area contributed by atoms with Crippen molar-refractivity contribution in [3.8, 4) is 0 Å². The molecule has 1 amide bonds. The highest BCUT2D eigenvalue weighted by molar-refractivity contribution is 5.88. The van der Waals surface area contributed by atoms with Gasteiger partial charge in [0.2, 0.25) is 5.91 Å². The topological polar surface area (TPSA) is 56.3 Å². The van der Waals surface area contributed by atoms with Gasteiger partial charge >= 0.3 is 0 Å². The van der Waals surface area contributed by atoms with Gasteiger partial charge in [0.05, 0.1) is 13.0 Å². The molecule has 1 heterocycles. The Balaban J connectivity index is 2.19. The first-order valence-electron chi connectivity index (χ1n) is 6.29. The lowest BCUT2D eigenvalue weighted by molar-refractivity contribution is -0.130. The number of rotatable bonds is 5. The van der Waals surface area contributed by atoms with Crippen LogP contribution in [0.2, 0.25) is 0 Å². The van der Waals surface area contributed by atoms with Crippen molar-refractivity contribution in [3.05, 3.63) is 35.8 Å². The Bertz CT molecular complexity index is 580. The Hall–Kier alpha value is -1.88. The number of H-pyrrole nitrogens is 1. The van der Waals surface area contributed by atoms with Crippen molar-refractivity contribution in [1.29, 1.82) is 0 Å². The number of fused-ring (bicyclic) bond motifs is 1. The normalized spacial score (nSPS) is 10.9. The summed E-state index contributed by atoms with van der Waals surface area (Å²) in [7, 11) is 0. The molecular formula is C14H17FN2O2.